The first-order valence-corrected chi connectivity index (χ1v) is 10.7. The van der Waals surface area contributed by atoms with Crippen LogP contribution < -0.4 is 5.32 Å². The van der Waals surface area contributed by atoms with E-state index in [1.807, 2.05) is 61.0 Å². The first-order chi connectivity index (χ1) is 14.5. The van der Waals surface area contributed by atoms with Gasteiger partial charge in [-0.1, -0.05) is 6.07 Å². The number of amides is 1. The summed E-state index contributed by atoms with van der Waals surface area (Å²) in [5.41, 5.74) is 3.96. The molecule has 0 fully saturated rings. The van der Waals surface area contributed by atoms with Crippen molar-refractivity contribution >= 4 is 29.3 Å². The van der Waals surface area contributed by atoms with Gasteiger partial charge in [0.25, 0.3) is 0 Å². The molecule has 0 aliphatic rings. The zero-order chi connectivity index (χ0) is 21.5. The number of anilines is 1. The Hall–Kier alpha value is -3.06. The van der Waals surface area contributed by atoms with Crippen LogP contribution in [0, 0.1) is 13.8 Å². The number of nitrogens with one attached hydrogen (secondary N) is 1. The number of benzene rings is 1. The van der Waals surface area contributed by atoms with E-state index in [0.29, 0.717) is 12.2 Å². The molecule has 7 heteroatoms. The van der Waals surface area contributed by atoms with E-state index in [0.717, 1.165) is 27.7 Å². The van der Waals surface area contributed by atoms with Crippen molar-refractivity contribution in [3.63, 3.8) is 0 Å². The van der Waals surface area contributed by atoms with Gasteiger partial charge in [0, 0.05) is 40.1 Å². The van der Waals surface area contributed by atoms with Crippen molar-refractivity contribution in [1.82, 2.24) is 9.55 Å². The van der Waals surface area contributed by atoms with Crippen LogP contribution in [0.2, 0.25) is 0 Å². The fourth-order valence-corrected chi connectivity index (χ4v) is 3.92. The summed E-state index contributed by atoms with van der Waals surface area (Å²) >= 11 is 1.72. The van der Waals surface area contributed by atoms with Gasteiger partial charge in [0.1, 0.15) is 6.54 Å². The maximum Gasteiger partial charge on any atom is 0.339 e. The van der Waals surface area contributed by atoms with Crippen molar-refractivity contribution in [3.05, 3.63) is 77.4 Å². The fraction of sp³-hybridized carbons (Fsp3) is 0.261. The van der Waals surface area contributed by atoms with Crippen LogP contribution in [-0.4, -0.2) is 28.0 Å². The Morgan fingerprint density at radius 2 is 1.93 bits per heavy atom. The summed E-state index contributed by atoms with van der Waals surface area (Å²) in [4.78, 5) is 29.8. The number of thioether (sulfide) groups is 1. The summed E-state index contributed by atoms with van der Waals surface area (Å²) in [7, 11) is 0. The standard InChI is InChI=1S/C23H25N3O3S/c1-4-29-23(28)21-12-16(2)26(17(21)3)14-22(27)25-19-7-9-20(10-8-19)30-15-18-6-5-11-24-13-18/h5-13H,4,14-15H2,1-3H3,(H,25,27). The van der Waals surface area contributed by atoms with Crippen LogP contribution in [0.25, 0.3) is 0 Å². The Balaban J connectivity index is 1.58. The molecule has 2 heterocycles. The molecule has 0 bridgehead atoms. The highest BCUT2D eigenvalue weighted by Crippen LogP contribution is 2.24. The first kappa shape index (κ1) is 21.6. The van der Waals surface area contributed by atoms with E-state index < -0.39 is 0 Å². The van der Waals surface area contributed by atoms with E-state index in [1.165, 1.54) is 5.56 Å². The number of pyridine rings is 1. The molecule has 0 spiro atoms. The molecule has 3 aromatic rings. The van der Waals surface area contributed by atoms with Gasteiger partial charge >= 0.3 is 5.97 Å². The Morgan fingerprint density at radius 1 is 1.17 bits per heavy atom. The average molecular weight is 424 g/mol. The molecule has 0 aliphatic carbocycles. The van der Waals surface area contributed by atoms with Gasteiger partial charge in [-0.25, -0.2) is 4.79 Å². The second-order valence-corrected chi connectivity index (χ2v) is 7.86. The molecule has 0 radical (unpaired) electrons. The van der Waals surface area contributed by atoms with Crippen molar-refractivity contribution in [2.24, 2.45) is 0 Å². The normalized spacial score (nSPS) is 10.6. The first-order valence-electron chi connectivity index (χ1n) is 9.73. The number of ether oxygens (including phenoxy) is 1. The zero-order valence-electron chi connectivity index (χ0n) is 17.3. The van der Waals surface area contributed by atoms with E-state index in [2.05, 4.69) is 10.3 Å². The van der Waals surface area contributed by atoms with Gasteiger partial charge in [0.15, 0.2) is 0 Å². The third kappa shape index (κ3) is 5.51. The molecule has 0 unspecified atom stereocenters. The van der Waals surface area contributed by atoms with Crippen molar-refractivity contribution < 1.29 is 14.3 Å². The van der Waals surface area contributed by atoms with Crippen LogP contribution in [0.5, 0.6) is 0 Å². The predicted molar refractivity (Wildman–Crippen MR) is 119 cm³/mol. The lowest BCUT2D eigenvalue weighted by atomic mass is 10.2. The number of hydrogen-bond donors (Lipinski definition) is 1. The largest absolute Gasteiger partial charge is 0.462 e. The Morgan fingerprint density at radius 3 is 2.60 bits per heavy atom. The van der Waals surface area contributed by atoms with Gasteiger partial charge in [-0.15, -0.1) is 11.8 Å². The highest BCUT2D eigenvalue weighted by molar-refractivity contribution is 7.98. The van der Waals surface area contributed by atoms with Crippen LogP contribution in [0.1, 0.15) is 34.2 Å². The van der Waals surface area contributed by atoms with Gasteiger partial charge in [-0.3, -0.25) is 9.78 Å². The molecular formula is C23H25N3O3S. The minimum Gasteiger partial charge on any atom is -0.462 e. The Labute approximate surface area is 180 Å². The molecule has 30 heavy (non-hydrogen) atoms. The van der Waals surface area contributed by atoms with Crippen LogP contribution in [-0.2, 0) is 21.8 Å². The van der Waals surface area contributed by atoms with E-state index >= 15 is 0 Å². The van der Waals surface area contributed by atoms with Gasteiger partial charge in [0.05, 0.1) is 12.2 Å². The highest BCUT2D eigenvalue weighted by Gasteiger charge is 2.18. The molecule has 156 valence electrons. The average Bonchev–Trinajstić information content (AvgIpc) is 3.02. The summed E-state index contributed by atoms with van der Waals surface area (Å²) in [5, 5.41) is 2.91. The summed E-state index contributed by atoms with van der Waals surface area (Å²) in [6.45, 7) is 5.92. The van der Waals surface area contributed by atoms with Crippen molar-refractivity contribution in [2.75, 3.05) is 11.9 Å². The summed E-state index contributed by atoms with van der Waals surface area (Å²) in [6.07, 6.45) is 3.63. The monoisotopic (exact) mass is 423 g/mol. The van der Waals surface area contributed by atoms with E-state index in [9.17, 15) is 9.59 Å². The van der Waals surface area contributed by atoms with E-state index in [-0.39, 0.29) is 18.4 Å². The molecule has 0 atom stereocenters. The Bertz CT molecular complexity index is 1010. The fourth-order valence-electron chi connectivity index (χ4n) is 3.09. The van der Waals surface area contributed by atoms with Crippen LogP contribution in [0.4, 0.5) is 5.69 Å². The molecule has 0 aliphatic heterocycles. The number of aromatic nitrogens is 2. The molecule has 0 saturated carbocycles. The Kier molecular flexibility index (Phi) is 7.30. The minimum atomic E-state index is -0.364. The number of hydrogen-bond acceptors (Lipinski definition) is 5. The van der Waals surface area contributed by atoms with Crippen LogP contribution in [0.15, 0.2) is 59.8 Å². The molecule has 0 saturated heterocycles. The molecule has 1 amide bonds. The highest BCUT2D eigenvalue weighted by atomic mass is 32.2. The number of aryl methyl sites for hydroxylation is 1. The second-order valence-electron chi connectivity index (χ2n) is 6.81. The molecule has 1 aromatic carbocycles. The maximum absolute atomic E-state index is 12.5. The lowest BCUT2D eigenvalue weighted by Crippen LogP contribution is -2.20. The van der Waals surface area contributed by atoms with Crippen LogP contribution in [0.3, 0.4) is 0 Å². The lowest BCUT2D eigenvalue weighted by Gasteiger charge is -2.11. The number of carbonyl (C=O) groups excluding carboxylic acids is 2. The van der Waals surface area contributed by atoms with E-state index in [1.54, 1.807) is 30.9 Å². The quantitative estimate of drug-likeness (QED) is 0.423. The van der Waals surface area contributed by atoms with Gasteiger partial charge in [0.2, 0.25) is 5.91 Å². The van der Waals surface area contributed by atoms with Gasteiger partial charge in [-0.2, -0.15) is 0 Å². The van der Waals surface area contributed by atoms with Gasteiger partial charge < -0.3 is 14.6 Å². The SMILES string of the molecule is CCOC(=O)c1cc(C)n(CC(=O)Nc2ccc(SCc3cccnc3)cc2)c1C. The maximum atomic E-state index is 12.5. The zero-order valence-corrected chi connectivity index (χ0v) is 18.2. The lowest BCUT2D eigenvalue weighted by molar-refractivity contribution is -0.116. The molecule has 3 rings (SSSR count). The second kappa shape index (κ2) is 10.1. The smallest absolute Gasteiger partial charge is 0.339 e. The van der Waals surface area contributed by atoms with Crippen molar-refractivity contribution in [1.29, 1.82) is 0 Å². The minimum absolute atomic E-state index is 0.134. The summed E-state index contributed by atoms with van der Waals surface area (Å²) in [6, 6.07) is 13.5. The third-order valence-corrected chi connectivity index (χ3v) is 5.72. The predicted octanol–water partition coefficient (Wildman–Crippen LogP) is 4.61. The number of rotatable bonds is 8. The summed E-state index contributed by atoms with van der Waals surface area (Å²) in [5.74, 6) is 0.328. The summed E-state index contributed by atoms with van der Waals surface area (Å²) < 4.78 is 6.90. The van der Waals surface area contributed by atoms with E-state index in [4.69, 9.17) is 4.74 Å². The number of esters is 1. The van der Waals surface area contributed by atoms with Crippen LogP contribution >= 0.6 is 11.8 Å². The van der Waals surface area contributed by atoms with Crippen molar-refractivity contribution in [3.8, 4) is 0 Å². The number of nitrogens with zero attached hydrogens (tertiary/aromatic N) is 2. The number of carbonyl (C=O) groups is 2. The van der Waals surface area contributed by atoms with Crippen molar-refractivity contribution in [2.45, 2.75) is 38.0 Å². The topological polar surface area (TPSA) is 73.2 Å². The molecule has 6 nitrogen and oxygen atoms in total. The third-order valence-electron chi connectivity index (χ3n) is 4.64. The molecular weight excluding hydrogens is 398 g/mol. The molecule has 1 N–H and O–H groups in total. The van der Waals surface area contributed by atoms with Gasteiger partial charge in [-0.05, 0) is 62.7 Å². The molecule has 2 aromatic heterocycles.